The second-order valence-electron chi connectivity index (χ2n) is 9.61. The van der Waals surface area contributed by atoms with E-state index < -0.39 is 38.1 Å². The molecule has 1 saturated heterocycles. The number of rotatable bonds is 6. The van der Waals surface area contributed by atoms with Gasteiger partial charge in [-0.15, -0.1) is 5.10 Å². The zero-order chi connectivity index (χ0) is 25.7. The van der Waals surface area contributed by atoms with Gasteiger partial charge in [0.1, 0.15) is 16.9 Å². The van der Waals surface area contributed by atoms with Crippen molar-refractivity contribution in [2.24, 2.45) is 0 Å². The van der Waals surface area contributed by atoms with Crippen LogP contribution >= 0.6 is 0 Å². The minimum atomic E-state index is -3.81. The molecule has 1 saturated carbocycles. The van der Waals surface area contributed by atoms with E-state index in [1.807, 2.05) is 6.07 Å². The third-order valence-corrected chi connectivity index (χ3v) is 9.88. The number of benzene rings is 2. The minimum Gasteiger partial charge on any atom is -0.391 e. The lowest BCUT2D eigenvalue weighted by Crippen LogP contribution is -2.47. The number of nitrogens with zero attached hydrogens (tertiary/aromatic N) is 2. The number of H-pyrrole nitrogens is 1. The van der Waals surface area contributed by atoms with Crippen molar-refractivity contribution in [2.75, 3.05) is 7.11 Å². The van der Waals surface area contributed by atoms with Gasteiger partial charge in [0.25, 0.3) is 0 Å². The zero-order valence-corrected chi connectivity index (χ0v) is 20.7. The van der Waals surface area contributed by atoms with Crippen LogP contribution in [0.25, 0.3) is 0 Å². The second-order valence-corrected chi connectivity index (χ2v) is 11.7. The largest absolute Gasteiger partial charge is 0.434 e. The summed E-state index contributed by atoms with van der Waals surface area (Å²) in [5.41, 5.74) is -0.561. The smallest absolute Gasteiger partial charge is 0.391 e. The van der Waals surface area contributed by atoms with Crippen LogP contribution in [0.5, 0.6) is 0 Å². The van der Waals surface area contributed by atoms with Gasteiger partial charge in [-0.1, -0.05) is 30.3 Å². The minimum absolute atomic E-state index is 0.0102. The lowest BCUT2D eigenvalue weighted by molar-refractivity contribution is -0.0138. The van der Waals surface area contributed by atoms with Gasteiger partial charge >= 0.3 is 5.76 Å². The SMILES string of the molecule is CO[C@H]1C[C@](c2n[nH]c(=O)o2)(c2cc(F)c(CN3[C@@H](C)CC[C@H](c4ccccc4)S3(=O)=O)cc2F)C1. The number of hydrogen-bond acceptors (Lipinski definition) is 6. The first kappa shape index (κ1) is 24.8. The molecule has 2 heterocycles. The van der Waals surface area contributed by atoms with Crippen molar-refractivity contribution in [1.82, 2.24) is 14.5 Å². The van der Waals surface area contributed by atoms with Gasteiger partial charge in [-0.25, -0.2) is 27.1 Å². The number of ether oxygens (including phenoxy) is 1. The van der Waals surface area contributed by atoms with Crippen LogP contribution < -0.4 is 5.76 Å². The highest BCUT2D eigenvalue weighted by atomic mass is 32.2. The highest BCUT2D eigenvalue weighted by Crippen LogP contribution is 2.50. The molecule has 36 heavy (non-hydrogen) atoms. The number of nitrogens with one attached hydrogen (secondary N) is 1. The molecule has 0 spiro atoms. The fraction of sp³-hybridized carbons (Fsp3) is 0.440. The molecule has 0 radical (unpaired) electrons. The molecule has 2 fully saturated rings. The van der Waals surface area contributed by atoms with Crippen molar-refractivity contribution < 1.29 is 26.4 Å². The monoisotopic (exact) mass is 519 g/mol. The molecule has 1 aromatic heterocycles. The summed E-state index contributed by atoms with van der Waals surface area (Å²) < 4.78 is 69.7. The average Bonchev–Trinajstić information content (AvgIpc) is 3.25. The van der Waals surface area contributed by atoms with Crippen molar-refractivity contribution in [3.63, 3.8) is 0 Å². The van der Waals surface area contributed by atoms with Gasteiger partial charge in [-0.3, -0.25) is 0 Å². The molecule has 1 aliphatic carbocycles. The number of methoxy groups -OCH3 is 1. The zero-order valence-electron chi connectivity index (χ0n) is 19.9. The van der Waals surface area contributed by atoms with E-state index in [9.17, 15) is 13.2 Å². The van der Waals surface area contributed by atoms with Crippen LogP contribution in [0.2, 0.25) is 0 Å². The first-order chi connectivity index (χ1) is 17.2. The summed E-state index contributed by atoms with van der Waals surface area (Å²) in [5.74, 6) is -2.30. The normalized spacial score (nSPS) is 28.1. The maximum absolute atomic E-state index is 15.5. The van der Waals surface area contributed by atoms with Crippen LogP contribution in [0.1, 0.15) is 60.4 Å². The Balaban J connectivity index is 1.48. The van der Waals surface area contributed by atoms with Gasteiger partial charge in [0.15, 0.2) is 0 Å². The lowest BCUT2D eigenvalue weighted by Gasteiger charge is -2.44. The van der Waals surface area contributed by atoms with Gasteiger partial charge in [0.05, 0.1) is 11.5 Å². The van der Waals surface area contributed by atoms with Crippen LogP contribution in [-0.2, 0) is 26.7 Å². The number of aromatic nitrogens is 2. The number of sulfonamides is 1. The molecule has 0 bridgehead atoms. The summed E-state index contributed by atoms with van der Waals surface area (Å²) in [5, 5.41) is 5.30. The van der Waals surface area contributed by atoms with E-state index in [-0.39, 0.29) is 48.5 Å². The molecule has 3 aromatic rings. The molecule has 8 nitrogen and oxygen atoms in total. The predicted molar refractivity (Wildman–Crippen MR) is 127 cm³/mol. The van der Waals surface area contributed by atoms with Crippen LogP contribution in [0.15, 0.2) is 51.7 Å². The molecule has 2 atom stereocenters. The summed E-state index contributed by atoms with van der Waals surface area (Å²) in [4.78, 5) is 11.6. The molecule has 2 aliphatic rings. The van der Waals surface area contributed by atoms with Crippen LogP contribution in [-0.4, -0.2) is 42.2 Å². The van der Waals surface area contributed by atoms with Gasteiger partial charge < -0.3 is 9.15 Å². The van der Waals surface area contributed by atoms with Crippen molar-refractivity contribution >= 4 is 10.0 Å². The first-order valence-corrected chi connectivity index (χ1v) is 13.3. The molecule has 1 N–H and O–H groups in total. The molecule has 2 aromatic carbocycles. The first-order valence-electron chi connectivity index (χ1n) is 11.8. The van der Waals surface area contributed by atoms with E-state index in [2.05, 4.69) is 10.2 Å². The van der Waals surface area contributed by atoms with E-state index in [1.165, 1.54) is 11.4 Å². The fourth-order valence-electron chi connectivity index (χ4n) is 5.42. The fourth-order valence-corrected chi connectivity index (χ4v) is 7.61. The summed E-state index contributed by atoms with van der Waals surface area (Å²) in [6.45, 7) is 1.48. The number of hydrogen-bond donors (Lipinski definition) is 1. The Bertz CT molecular complexity index is 1420. The van der Waals surface area contributed by atoms with Crippen molar-refractivity contribution in [2.45, 2.75) is 62.0 Å². The molecule has 1 aliphatic heterocycles. The third-order valence-electron chi connectivity index (χ3n) is 7.51. The Kier molecular flexibility index (Phi) is 6.34. The molecular weight excluding hydrogens is 492 g/mol. The maximum Gasteiger partial charge on any atom is 0.434 e. The molecule has 11 heteroatoms. The average molecular weight is 520 g/mol. The van der Waals surface area contributed by atoms with Crippen LogP contribution in [0.3, 0.4) is 0 Å². The summed E-state index contributed by atoms with van der Waals surface area (Å²) in [7, 11) is -2.30. The predicted octanol–water partition coefficient (Wildman–Crippen LogP) is 3.79. The number of aromatic amines is 1. The molecule has 5 rings (SSSR count). The van der Waals surface area contributed by atoms with Crippen molar-refractivity contribution in [3.05, 3.63) is 87.2 Å². The highest BCUT2D eigenvalue weighted by molar-refractivity contribution is 7.89. The Labute approximate surface area is 207 Å². The van der Waals surface area contributed by atoms with E-state index in [0.29, 0.717) is 18.4 Å². The van der Waals surface area contributed by atoms with Crippen molar-refractivity contribution in [3.8, 4) is 0 Å². The number of halogens is 2. The quantitative estimate of drug-likeness (QED) is 0.531. The van der Waals surface area contributed by atoms with Gasteiger partial charge in [-0.2, -0.15) is 4.31 Å². The van der Waals surface area contributed by atoms with Crippen LogP contribution in [0.4, 0.5) is 8.78 Å². The molecule has 0 amide bonds. The van der Waals surface area contributed by atoms with E-state index in [1.54, 1.807) is 31.2 Å². The summed E-state index contributed by atoms with van der Waals surface area (Å²) in [6.07, 6.45) is 1.33. The Morgan fingerprint density at radius 1 is 1.17 bits per heavy atom. The standard InChI is InChI=1S/C25H27F2N3O5S/c1-15-8-9-22(16-6-4-3-5-7-16)36(32,33)30(15)14-17-10-21(27)19(11-20(17)26)25(12-18(13-25)34-2)23-28-29-24(31)35-23/h3-7,10-11,15,18,22H,8-9,12-14H2,1-2H3,(H,29,31)/t15-,18-,22+,25+/m0/s1. The van der Waals surface area contributed by atoms with E-state index in [4.69, 9.17) is 9.15 Å². The lowest BCUT2D eigenvalue weighted by atomic mass is 9.62. The summed E-state index contributed by atoms with van der Waals surface area (Å²) in [6, 6.07) is 10.6. The third kappa shape index (κ3) is 4.08. The second kappa shape index (κ2) is 9.20. The van der Waals surface area contributed by atoms with Crippen molar-refractivity contribution in [1.29, 1.82) is 0 Å². The topological polar surface area (TPSA) is 106 Å². The molecule has 0 unspecified atom stereocenters. The Morgan fingerprint density at radius 2 is 1.89 bits per heavy atom. The highest BCUT2D eigenvalue weighted by Gasteiger charge is 2.53. The van der Waals surface area contributed by atoms with E-state index >= 15 is 8.78 Å². The Morgan fingerprint density at radius 3 is 2.53 bits per heavy atom. The van der Waals surface area contributed by atoms with Gasteiger partial charge in [0.2, 0.25) is 15.9 Å². The summed E-state index contributed by atoms with van der Waals surface area (Å²) >= 11 is 0. The van der Waals surface area contributed by atoms with Crippen LogP contribution in [0, 0.1) is 11.6 Å². The molecule has 192 valence electrons. The molecular formula is C25H27F2N3O5S. The van der Waals surface area contributed by atoms with E-state index in [0.717, 1.165) is 12.1 Å². The Hall–Kier alpha value is -2.89. The van der Waals surface area contributed by atoms with Gasteiger partial charge in [0, 0.05) is 30.8 Å². The van der Waals surface area contributed by atoms with Gasteiger partial charge in [-0.05, 0) is 50.3 Å². The maximum atomic E-state index is 15.5.